The molecule has 1 amide bonds. The molecule has 0 saturated carbocycles. The summed E-state index contributed by atoms with van der Waals surface area (Å²) in [5.41, 5.74) is 4.84. The topological polar surface area (TPSA) is 117 Å². The standard InChI is InChI=1S/C9H19BNO7P/c1-7(18-9(11)12)3-4-8(10)16-5-6-17-19(13,14)15-2/h3,8H,4-6,10H2,1-2H3,(H2,11,12)(H,13,14)/b7-3+/t8-/m1/s1. The van der Waals surface area contributed by atoms with Crippen LogP contribution in [-0.2, 0) is 23.1 Å². The normalized spacial score (nSPS) is 16.7. The van der Waals surface area contributed by atoms with Crippen LogP contribution in [0.1, 0.15) is 13.3 Å². The van der Waals surface area contributed by atoms with Crippen molar-refractivity contribution in [2.24, 2.45) is 5.73 Å². The van der Waals surface area contributed by atoms with Gasteiger partial charge in [-0.2, -0.15) is 0 Å². The Bertz CT molecular complexity index is 362. The summed E-state index contributed by atoms with van der Waals surface area (Å²) in [6, 6.07) is -0.171. The van der Waals surface area contributed by atoms with Crippen LogP contribution in [0.2, 0.25) is 0 Å². The fourth-order valence-electron chi connectivity index (χ4n) is 1.05. The van der Waals surface area contributed by atoms with Gasteiger partial charge in [-0.3, -0.25) is 9.05 Å². The molecule has 0 aromatic heterocycles. The van der Waals surface area contributed by atoms with Gasteiger partial charge in [-0.25, -0.2) is 9.36 Å². The minimum atomic E-state index is -3.94. The molecule has 0 saturated heterocycles. The zero-order valence-corrected chi connectivity index (χ0v) is 12.1. The molecule has 2 atom stereocenters. The van der Waals surface area contributed by atoms with E-state index in [9.17, 15) is 9.36 Å². The Kier molecular flexibility index (Phi) is 8.70. The number of amides is 1. The number of phosphoric ester groups is 1. The number of rotatable bonds is 9. The molecule has 8 nitrogen and oxygen atoms in total. The molecule has 0 heterocycles. The molecule has 19 heavy (non-hydrogen) atoms. The van der Waals surface area contributed by atoms with Crippen molar-refractivity contribution < 1.29 is 32.8 Å². The van der Waals surface area contributed by atoms with E-state index in [-0.39, 0.29) is 19.2 Å². The molecule has 0 fully saturated rings. The highest BCUT2D eigenvalue weighted by Crippen LogP contribution is 2.41. The molecule has 0 aliphatic carbocycles. The average molecular weight is 295 g/mol. The van der Waals surface area contributed by atoms with Crippen LogP contribution in [0.15, 0.2) is 11.8 Å². The van der Waals surface area contributed by atoms with Gasteiger partial charge in [-0.1, -0.05) is 0 Å². The predicted octanol–water partition coefficient (Wildman–Crippen LogP) is 0.115. The summed E-state index contributed by atoms with van der Waals surface area (Å²) in [6.07, 6.45) is 1.29. The second kappa shape index (κ2) is 9.11. The highest BCUT2D eigenvalue weighted by Gasteiger charge is 2.17. The number of hydrogen-bond donors (Lipinski definition) is 2. The zero-order valence-electron chi connectivity index (χ0n) is 11.2. The van der Waals surface area contributed by atoms with Crippen LogP contribution >= 0.6 is 7.82 Å². The third-order valence-electron chi connectivity index (χ3n) is 1.97. The number of carbonyl (C=O) groups is 1. The summed E-state index contributed by atoms with van der Waals surface area (Å²) in [7, 11) is -1.07. The Morgan fingerprint density at radius 3 is 2.68 bits per heavy atom. The van der Waals surface area contributed by atoms with E-state index >= 15 is 0 Å². The monoisotopic (exact) mass is 295 g/mol. The van der Waals surface area contributed by atoms with E-state index in [0.717, 1.165) is 7.11 Å². The van der Waals surface area contributed by atoms with Gasteiger partial charge in [-0.15, -0.1) is 0 Å². The lowest BCUT2D eigenvalue weighted by atomic mass is 9.96. The van der Waals surface area contributed by atoms with Crippen molar-refractivity contribution >= 4 is 21.8 Å². The molecule has 10 heteroatoms. The first-order valence-electron chi connectivity index (χ1n) is 5.55. The molecule has 0 rings (SSSR count). The number of allylic oxidation sites excluding steroid dienone is 1. The van der Waals surface area contributed by atoms with E-state index in [1.807, 2.05) is 0 Å². The maximum absolute atomic E-state index is 10.9. The Morgan fingerprint density at radius 2 is 2.16 bits per heavy atom. The Morgan fingerprint density at radius 1 is 1.53 bits per heavy atom. The van der Waals surface area contributed by atoms with Crippen molar-refractivity contribution in [1.29, 1.82) is 0 Å². The van der Waals surface area contributed by atoms with Crippen LogP contribution < -0.4 is 5.73 Å². The number of primary amides is 1. The Labute approximate surface area is 112 Å². The maximum atomic E-state index is 10.9. The largest absolute Gasteiger partial charge is 0.471 e. The lowest BCUT2D eigenvalue weighted by Gasteiger charge is -2.13. The van der Waals surface area contributed by atoms with Crippen molar-refractivity contribution in [1.82, 2.24) is 0 Å². The number of carbonyl (C=O) groups excluding carboxylic acids is 1. The van der Waals surface area contributed by atoms with Crippen molar-refractivity contribution in [3.63, 3.8) is 0 Å². The van der Waals surface area contributed by atoms with Crippen molar-refractivity contribution in [2.75, 3.05) is 20.3 Å². The molecular weight excluding hydrogens is 276 g/mol. The summed E-state index contributed by atoms with van der Waals surface area (Å²) < 4.78 is 29.7. The molecule has 0 radical (unpaired) electrons. The van der Waals surface area contributed by atoms with Crippen LogP contribution in [0.4, 0.5) is 4.79 Å². The molecule has 0 aliphatic heterocycles. The first kappa shape index (κ1) is 18.1. The molecule has 0 aromatic carbocycles. The highest BCUT2D eigenvalue weighted by atomic mass is 31.2. The van der Waals surface area contributed by atoms with E-state index in [2.05, 4.69) is 13.8 Å². The molecule has 110 valence electrons. The molecular formula is C9H19BNO7P. The minimum Gasteiger partial charge on any atom is -0.416 e. The van der Waals surface area contributed by atoms with E-state index in [0.29, 0.717) is 12.2 Å². The lowest BCUT2D eigenvalue weighted by molar-refractivity contribution is 0.0652. The van der Waals surface area contributed by atoms with Crippen LogP contribution in [-0.4, -0.2) is 45.2 Å². The van der Waals surface area contributed by atoms with Crippen molar-refractivity contribution in [3.8, 4) is 0 Å². The second-order valence-corrected chi connectivity index (χ2v) is 5.20. The van der Waals surface area contributed by atoms with Crippen molar-refractivity contribution in [3.05, 3.63) is 11.8 Å². The Hall–Kier alpha value is -0.855. The summed E-state index contributed by atoms with van der Waals surface area (Å²) in [5.74, 6) is 0.387. The summed E-state index contributed by atoms with van der Waals surface area (Å²) in [4.78, 5) is 19.4. The number of ether oxygens (including phenoxy) is 2. The van der Waals surface area contributed by atoms with Gasteiger partial charge in [0.15, 0.2) is 0 Å². The fraction of sp³-hybridized carbons (Fsp3) is 0.667. The summed E-state index contributed by atoms with van der Waals surface area (Å²) in [6.45, 7) is 1.67. The van der Waals surface area contributed by atoms with E-state index in [4.69, 9.17) is 15.4 Å². The van der Waals surface area contributed by atoms with E-state index < -0.39 is 13.9 Å². The first-order valence-corrected chi connectivity index (χ1v) is 7.05. The molecule has 1 unspecified atom stereocenters. The number of phosphoric acid groups is 1. The zero-order chi connectivity index (χ0) is 14.9. The SMILES string of the molecule is B[C@@H](C/C=C(\C)OC(N)=O)OCCOP(=O)(O)OC. The van der Waals surface area contributed by atoms with Crippen molar-refractivity contribution in [2.45, 2.75) is 19.3 Å². The number of hydrogen-bond acceptors (Lipinski definition) is 6. The molecule has 0 aromatic rings. The van der Waals surface area contributed by atoms with Gasteiger partial charge in [0.25, 0.3) is 0 Å². The lowest BCUT2D eigenvalue weighted by Crippen LogP contribution is -2.16. The summed E-state index contributed by atoms with van der Waals surface area (Å²) in [5, 5.41) is 0. The van der Waals surface area contributed by atoms with Gasteiger partial charge in [0, 0.05) is 13.1 Å². The van der Waals surface area contributed by atoms with E-state index in [1.165, 1.54) is 0 Å². The molecule has 0 aliphatic rings. The van der Waals surface area contributed by atoms with Crippen LogP contribution in [0, 0.1) is 0 Å². The van der Waals surface area contributed by atoms with Crippen LogP contribution in [0.25, 0.3) is 0 Å². The smallest absolute Gasteiger partial charge is 0.416 e. The van der Waals surface area contributed by atoms with Gasteiger partial charge in [0.2, 0.25) is 0 Å². The van der Waals surface area contributed by atoms with Gasteiger partial charge in [0.1, 0.15) is 13.6 Å². The quantitative estimate of drug-likeness (QED) is 0.268. The Balaban J connectivity index is 3.79. The fourth-order valence-corrected chi connectivity index (χ4v) is 1.47. The average Bonchev–Trinajstić information content (AvgIpc) is 2.31. The van der Waals surface area contributed by atoms with Crippen LogP contribution in [0.5, 0.6) is 0 Å². The van der Waals surface area contributed by atoms with Gasteiger partial charge < -0.3 is 20.1 Å². The van der Waals surface area contributed by atoms with Gasteiger partial charge in [0.05, 0.1) is 13.2 Å². The summed E-state index contributed by atoms with van der Waals surface area (Å²) >= 11 is 0. The predicted molar refractivity (Wildman–Crippen MR) is 70.1 cm³/mol. The van der Waals surface area contributed by atoms with Gasteiger partial charge in [-0.05, 0) is 19.4 Å². The van der Waals surface area contributed by atoms with E-state index in [1.54, 1.807) is 20.8 Å². The minimum absolute atomic E-state index is 0.0631. The maximum Gasteiger partial charge on any atom is 0.471 e. The third kappa shape index (κ3) is 10.7. The second-order valence-electron chi connectivity index (χ2n) is 3.64. The molecule has 0 spiro atoms. The molecule has 3 N–H and O–H groups in total. The van der Waals surface area contributed by atoms with Crippen LogP contribution in [0.3, 0.4) is 0 Å². The highest BCUT2D eigenvalue weighted by molar-refractivity contribution is 7.47. The van der Waals surface area contributed by atoms with Gasteiger partial charge >= 0.3 is 13.9 Å². The number of nitrogens with two attached hydrogens (primary N) is 1. The molecule has 0 bridgehead atoms. The third-order valence-corrected chi connectivity index (χ3v) is 2.94. The first-order chi connectivity index (χ1) is 8.76.